The number of methoxy groups -OCH3 is 1. The Kier molecular flexibility index (Phi) is 4.84. The fourth-order valence-corrected chi connectivity index (χ4v) is 2.64. The fraction of sp³-hybridized carbons (Fsp3) is 0.150. The van der Waals surface area contributed by atoms with Crippen LogP contribution in [0, 0.1) is 0 Å². The van der Waals surface area contributed by atoms with E-state index in [0.717, 1.165) is 5.39 Å². The van der Waals surface area contributed by atoms with Gasteiger partial charge < -0.3 is 14.0 Å². The van der Waals surface area contributed by atoms with Crippen LogP contribution in [0.3, 0.4) is 0 Å². The highest BCUT2D eigenvalue weighted by Gasteiger charge is 2.16. The second-order valence-electron chi connectivity index (χ2n) is 5.70. The first-order chi connectivity index (χ1) is 12.5. The molecule has 0 saturated carbocycles. The van der Waals surface area contributed by atoms with Crippen molar-refractivity contribution >= 4 is 22.7 Å². The Labute approximate surface area is 149 Å². The maximum Gasteiger partial charge on any atom is 0.343 e. The van der Waals surface area contributed by atoms with Gasteiger partial charge in [0.25, 0.3) is 5.56 Å². The number of aromatic nitrogens is 1. The van der Waals surface area contributed by atoms with Gasteiger partial charge in [-0.05, 0) is 23.6 Å². The summed E-state index contributed by atoms with van der Waals surface area (Å²) in [5.41, 5.74) is 0.773. The van der Waals surface area contributed by atoms with Crippen LogP contribution in [0.4, 0.5) is 0 Å². The molecule has 0 atom stereocenters. The number of rotatable bonds is 5. The van der Waals surface area contributed by atoms with Crippen LogP contribution in [0.15, 0.2) is 59.4 Å². The number of nitrogens with zero attached hydrogens (tertiary/aromatic N) is 1. The Hall–Kier alpha value is -3.41. The smallest absolute Gasteiger partial charge is 0.343 e. The highest BCUT2D eigenvalue weighted by atomic mass is 16.6. The van der Waals surface area contributed by atoms with E-state index >= 15 is 0 Å². The van der Waals surface area contributed by atoms with Crippen LogP contribution in [-0.2, 0) is 16.6 Å². The molecule has 26 heavy (non-hydrogen) atoms. The molecule has 0 unspecified atom stereocenters. The van der Waals surface area contributed by atoms with Crippen LogP contribution in [-0.4, -0.2) is 30.0 Å². The molecular weight excluding hydrogens is 334 g/mol. The minimum Gasteiger partial charge on any atom is -0.482 e. The molecule has 6 nitrogen and oxygen atoms in total. The minimum absolute atomic E-state index is 0.106. The van der Waals surface area contributed by atoms with E-state index in [2.05, 4.69) is 4.74 Å². The summed E-state index contributed by atoms with van der Waals surface area (Å²) in [6, 6.07) is 15.3. The highest BCUT2D eigenvalue weighted by Crippen LogP contribution is 2.21. The molecule has 0 bridgehead atoms. The number of pyridine rings is 1. The van der Waals surface area contributed by atoms with Gasteiger partial charge in [0.15, 0.2) is 12.4 Å². The second-order valence-corrected chi connectivity index (χ2v) is 5.70. The lowest BCUT2D eigenvalue weighted by molar-refractivity contribution is -0.142. The average molecular weight is 351 g/mol. The molecule has 0 aliphatic heterocycles. The molecule has 132 valence electrons. The first kappa shape index (κ1) is 17.4. The molecule has 6 heteroatoms. The molecule has 2 aromatic carbocycles. The van der Waals surface area contributed by atoms with Crippen LogP contribution in [0.25, 0.3) is 10.9 Å². The van der Waals surface area contributed by atoms with E-state index in [1.807, 2.05) is 6.07 Å². The van der Waals surface area contributed by atoms with Crippen LogP contribution in [0.5, 0.6) is 5.75 Å². The number of carbonyl (C=O) groups is 2. The van der Waals surface area contributed by atoms with Crippen molar-refractivity contribution in [1.29, 1.82) is 0 Å². The standard InChI is InChI=1S/C20H17NO5/c1-21-17-11-15(26-12-18(22)25-2)9-8-14(17)10-16(20(21)24)19(23)13-6-4-3-5-7-13/h3-11H,12H2,1-2H3. The van der Waals surface area contributed by atoms with Crippen LogP contribution < -0.4 is 10.3 Å². The molecule has 0 aliphatic carbocycles. The van der Waals surface area contributed by atoms with Gasteiger partial charge in [0, 0.05) is 18.7 Å². The van der Waals surface area contributed by atoms with Crippen molar-refractivity contribution in [2.75, 3.05) is 13.7 Å². The van der Waals surface area contributed by atoms with E-state index in [4.69, 9.17) is 4.74 Å². The normalized spacial score (nSPS) is 10.5. The van der Waals surface area contributed by atoms with Crippen LogP contribution in [0.2, 0.25) is 0 Å². The predicted molar refractivity (Wildman–Crippen MR) is 96.6 cm³/mol. The quantitative estimate of drug-likeness (QED) is 0.521. The van der Waals surface area contributed by atoms with Crippen molar-refractivity contribution in [1.82, 2.24) is 4.57 Å². The first-order valence-corrected chi connectivity index (χ1v) is 7.94. The van der Waals surface area contributed by atoms with Crippen LogP contribution >= 0.6 is 0 Å². The van der Waals surface area contributed by atoms with E-state index < -0.39 is 11.5 Å². The van der Waals surface area contributed by atoms with Gasteiger partial charge in [-0.2, -0.15) is 0 Å². The maximum absolute atomic E-state index is 12.7. The number of hydrogen-bond acceptors (Lipinski definition) is 5. The van der Waals surface area contributed by atoms with Gasteiger partial charge in [-0.15, -0.1) is 0 Å². The largest absolute Gasteiger partial charge is 0.482 e. The van der Waals surface area contributed by atoms with Crippen molar-refractivity contribution in [2.24, 2.45) is 7.05 Å². The summed E-state index contributed by atoms with van der Waals surface area (Å²) in [4.78, 5) is 36.5. The third-order valence-electron chi connectivity index (χ3n) is 4.06. The fourth-order valence-electron chi connectivity index (χ4n) is 2.64. The van der Waals surface area contributed by atoms with Gasteiger partial charge in [-0.1, -0.05) is 30.3 Å². The zero-order valence-electron chi connectivity index (χ0n) is 14.4. The van der Waals surface area contributed by atoms with Gasteiger partial charge in [-0.25, -0.2) is 4.79 Å². The average Bonchev–Trinajstić information content (AvgIpc) is 2.69. The third kappa shape index (κ3) is 3.35. The summed E-state index contributed by atoms with van der Waals surface area (Å²) in [7, 11) is 2.87. The molecule has 0 fully saturated rings. The number of ether oxygens (including phenoxy) is 2. The summed E-state index contributed by atoms with van der Waals surface area (Å²) < 4.78 is 11.3. The van der Waals surface area contributed by atoms with Gasteiger partial charge in [-0.3, -0.25) is 9.59 Å². The summed E-state index contributed by atoms with van der Waals surface area (Å²) in [5, 5.41) is 0.719. The van der Waals surface area contributed by atoms with Gasteiger partial charge in [0.05, 0.1) is 18.2 Å². The molecule has 1 heterocycles. The monoisotopic (exact) mass is 351 g/mol. The summed E-state index contributed by atoms with van der Waals surface area (Å²) in [6.07, 6.45) is 0. The van der Waals surface area contributed by atoms with Gasteiger partial charge in [0.2, 0.25) is 0 Å². The number of ketones is 1. The Morgan fingerprint density at radius 1 is 1.04 bits per heavy atom. The lowest BCUT2D eigenvalue weighted by Gasteiger charge is -2.11. The Balaban J connectivity index is 2.02. The zero-order chi connectivity index (χ0) is 18.7. The van der Waals surface area contributed by atoms with E-state index in [-0.39, 0.29) is 18.0 Å². The lowest BCUT2D eigenvalue weighted by atomic mass is 10.0. The zero-order valence-corrected chi connectivity index (χ0v) is 14.4. The molecule has 0 radical (unpaired) electrons. The first-order valence-electron chi connectivity index (χ1n) is 7.94. The van der Waals surface area contributed by atoms with E-state index in [1.54, 1.807) is 55.6 Å². The third-order valence-corrected chi connectivity index (χ3v) is 4.06. The van der Waals surface area contributed by atoms with Gasteiger partial charge in [0.1, 0.15) is 5.75 Å². The Bertz CT molecular complexity index is 1040. The maximum atomic E-state index is 12.7. The number of benzene rings is 2. The number of esters is 1. The SMILES string of the molecule is COC(=O)COc1ccc2cc(C(=O)c3ccccc3)c(=O)n(C)c2c1. The van der Waals surface area contributed by atoms with E-state index in [0.29, 0.717) is 16.8 Å². The van der Waals surface area contributed by atoms with E-state index in [9.17, 15) is 14.4 Å². The molecule has 3 rings (SSSR count). The van der Waals surface area contributed by atoms with Crippen molar-refractivity contribution in [3.05, 3.63) is 76.1 Å². The summed E-state index contributed by atoms with van der Waals surface area (Å²) in [6.45, 7) is -0.222. The molecule has 0 N–H and O–H groups in total. The molecule has 1 aromatic heterocycles. The topological polar surface area (TPSA) is 74.6 Å². The summed E-state index contributed by atoms with van der Waals surface area (Å²) in [5.74, 6) is -0.387. The van der Waals surface area contributed by atoms with E-state index in [1.165, 1.54) is 11.7 Å². The number of hydrogen-bond donors (Lipinski definition) is 0. The molecule has 0 amide bonds. The number of fused-ring (bicyclic) bond motifs is 1. The predicted octanol–water partition coefficient (Wildman–Crippen LogP) is 2.32. The molecule has 0 spiro atoms. The molecule has 0 saturated heterocycles. The van der Waals surface area contributed by atoms with Crippen molar-refractivity contribution in [3.63, 3.8) is 0 Å². The second kappa shape index (κ2) is 7.23. The number of aryl methyl sites for hydroxylation is 1. The van der Waals surface area contributed by atoms with Crippen molar-refractivity contribution in [2.45, 2.75) is 0 Å². The molecule has 3 aromatic rings. The highest BCUT2D eigenvalue weighted by molar-refractivity contribution is 6.10. The van der Waals surface area contributed by atoms with Crippen molar-refractivity contribution in [3.8, 4) is 5.75 Å². The molecule has 0 aliphatic rings. The Morgan fingerprint density at radius 2 is 1.77 bits per heavy atom. The minimum atomic E-state index is -0.497. The van der Waals surface area contributed by atoms with Gasteiger partial charge >= 0.3 is 5.97 Å². The number of carbonyl (C=O) groups excluding carboxylic acids is 2. The Morgan fingerprint density at radius 3 is 2.46 bits per heavy atom. The van der Waals surface area contributed by atoms with Crippen molar-refractivity contribution < 1.29 is 19.1 Å². The summed E-state index contributed by atoms with van der Waals surface area (Å²) >= 11 is 0. The molecular formula is C20H17NO5. The lowest BCUT2D eigenvalue weighted by Crippen LogP contribution is -2.25. The van der Waals surface area contributed by atoms with Crippen LogP contribution in [0.1, 0.15) is 15.9 Å².